The molecule has 1 aliphatic heterocycles. The highest BCUT2D eigenvalue weighted by molar-refractivity contribution is 7.97. The number of H-pyrrole nitrogens is 1. The lowest BCUT2D eigenvalue weighted by atomic mass is 10.0. The SMILES string of the molecule is C.C=S(C)(=O)N1Cc2c(Cl)cccc2N(Cc2cnc[nH]2)C(CCc2ccccc2)C1. The van der Waals surface area contributed by atoms with Gasteiger partial charge in [0.2, 0.25) is 0 Å². The maximum Gasteiger partial charge on any atom is 0.0922 e. The van der Waals surface area contributed by atoms with Gasteiger partial charge in [-0.15, -0.1) is 0 Å². The molecule has 1 aliphatic rings. The van der Waals surface area contributed by atoms with E-state index >= 15 is 0 Å². The summed E-state index contributed by atoms with van der Waals surface area (Å²) in [5.74, 6) is 3.97. The molecule has 0 radical (unpaired) electrons. The van der Waals surface area contributed by atoms with E-state index in [1.54, 1.807) is 12.6 Å². The highest BCUT2D eigenvalue weighted by Crippen LogP contribution is 2.35. The first kappa shape index (κ1) is 23.4. The van der Waals surface area contributed by atoms with E-state index in [0.717, 1.165) is 29.8 Å². The van der Waals surface area contributed by atoms with Crippen molar-refractivity contribution in [2.24, 2.45) is 0 Å². The second-order valence-corrected chi connectivity index (χ2v) is 10.7. The van der Waals surface area contributed by atoms with Crippen molar-refractivity contribution >= 4 is 32.9 Å². The van der Waals surface area contributed by atoms with E-state index in [9.17, 15) is 4.21 Å². The number of aromatic amines is 1. The quantitative estimate of drug-likeness (QED) is 0.540. The number of aryl methyl sites for hydroxylation is 1. The van der Waals surface area contributed by atoms with Gasteiger partial charge in [0.05, 0.1) is 18.6 Å². The van der Waals surface area contributed by atoms with Crippen molar-refractivity contribution in [1.82, 2.24) is 14.3 Å². The van der Waals surface area contributed by atoms with E-state index in [0.29, 0.717) is 24.7 Å². The van der Waals surface area contributed by atoms with Gasteiger partial charge < -0.3 is 9.88 Å². The largest absolute Gasteiger partial charge is 0.361 e. The van der Waals surface area contributed by atoms with Crippen LogP contribution in [0.25, 0.3) is 0 Å². The second kappa shape index (κ2) is 9.90. The molecule has 3 aromatic rings. The number of rotatable bonds is 6. The zero-order valence-corrected chi connectivity index (χ0v) is 18.7. The molecule has 0 spiro atoms. The molecule has 0 saturated heterocycles. The Kier molecular flexibility index (Phi) is 7.46. The maximum absolute atomic E-state index is 13.0. The zero-order chi connectivity index (χ0) is 21.1. The molecule has 0 saturated carbocycles. The van der Waals surface area contributed by atoms with Crippen LogP contribution >= 0.6 is 11.6 Å². The van der Waals surface area contributed by atoms with Gasteiger partial charge in [-0.1, -0.05) is 55.4 Å². The van der Waals surface area contributed by atoms with E-state index in [1.165, 1.54) is 5.56 Å². The summed E-state index contributed by atoms with van der Waals surface area (Å²) in [7, 11) is -2.38. The van der Waals surface area contributed by atoms with E-state index in [4.69, 9.17) is 11.6 Å². The predicted molar refractivity (Wildman–Crippen MR) is 133 cm³/mol. The summed E-state index contributed by atoms with van der Waals surface area (Å²) in [6.45, 7) is 1.86. The Balaban J connectivity index is 0.00000272. The van der Waals surface area contributed by atoms with Crippen LogP contribution in [0.5, 0.6) is 0 Å². The molecule has 4 rings (SSSR count). The third-order valence-electron chi connectivity index (χ3n) is 5.64. The van der Waals surface area contributed by atoms with Crippen LogP contribution < -0.4 is 4.90 Å². The lowest BCUT2D eigenvalue weighted by Crippen LogP contribution is -2.43. The molecule has 0 bridgehead atoms. The Bertz CT molecular complexity index is 1080. The van der Waals surface area contributed by atoms with Crippen molar-refractivity contribution in [3.63, 3.8) is 0 Å². The summed E-state index contributed by atoms with van der Waals surface area (Å²) in [6, 6.07) is 16.6. The molecule has 2 heterocycles. The molecule has 31 heavy (non-hydrogen) atoms. The molecule has 2 atom stereocenters. The predicted octanol–water partition coefficient (Wildman–Crippen LogP) is 4.78. The molecule has 166 valence electrons. The lowest BCUT2D eigenvalue weighted by Gasteiger charge is -2.34. The topological polar surface area (TPSA) is 52.2 Å². The monoisotopic (exact) mass is 458 g/mol. The fourth-order valence-electron chi connectivity index (χ4n) is 4.03. The molecule has 5 nitrogen and oxygen atoms in total. The van der Waals surface area contributed by atoms with Crippen LogP contribution in [0.3, 0.4) is 0 Å². The highest BCUT2D eigenvalue weighted by atomic mass is 35.5. The van der Waals surface area contributed by atoms with Crippen LogP contribution in [0.2, 0.25) is 5.02 Å². The minimum absolute atomic E-state index is 0. The van der Waals surface area contributed by atoms with Crippen LogP contribution in [0.1, 0.15) is 30.7 Å². The van der Waals surface area contributed by atoms with E-state index in [2.05, 4.69) is 51.1 Å². The summed E-state index contributed by atoms with van der Waals surface area (Å²) >= 11 is 6.61. The minimum Gasteiger partial charge on any atom is -0.361 e. The first-order chi connectivity index (χ1) is 14.4. The van der Waals surface area contributed by atoms with Crippen LogP contribution in [0.15, 0.2) is 61.1 Å². The standard InChI is InChI=1S/C23H27ClN4OS.CH4/c1-30(2,29)27-15-20(12-11-18-7-4-3-5-8-18)28(14-19-13-25-17-26-19)23-10-6-9-22(24)21(23)16-27;/h3-10,13,17,20H,1,11-12,14-16H2,2H3,(H,25,26);1H4. The normalized spacial score (nSPS) is 18.5. The summed E-state index contributed by atoms with van der Waals surface area (Å²) in [5.41, 5.74) is 4.42. The number of nitrogens with zero attached hydrogens (tertiary/aromatic N) is 3. The van der Waals surface area contributed by atoms with Gasteiger partial charge in [0.1, 0.15) is 0 Å². The molecular weight excluding hydrogens is 428 g/mol. The smallest absolute Gasteiger partial charge is 0.0922 e. The van der Waals surface area contributed by atoms with Gasteiger partial charge in [0.25, 0.3) is 0 Å². The fourth-order valence-corrected chi connectivity index (χ4v) is 5.15. The first-order valence-corrected chi connectivity index (χ1v) is 12.5. The Hall–Kier alpha value is -2.28. The Morgan fingerprint density at radius 1 is 1.23 bits per heavy atom. The Morgan fingerprint density at radius 3 is 2.68 bits per heavy atom. The maximum atomic E-state index is 13.0. The lowest BCUT2D eigenvalue weighted by molar-refractivity contribution is 0.391. The average molecular weight is 459 g/mol. The van der Waals surface area contributed by atoms with Crippen molar-refractivity contribution in [1.29, 1.82) is 0 Å². The number of hydrogen-bond donors (Lipinski definition) is 1. The number of hydrogen-bond acceptors (Lipinski definition) is 3. The minimum atomic E-state index is -2.38. The second-order valence-electron chi connectivity index (χ2n) is 7.90. The van der Waals surface area contributed by atoms with Crippen LogP contribution in [0, 0.1) is 0 Å². The van der Waals surface area contributed by atoms with Crippen LogP contribution in [0.4, 0.5) is 5.69 Å². The van der Waals surface area contributed by atoms with Crippen LogP contribution in [-0.4, -0.2) is 43.2 Å². The molecule has 0 amide bonds. The number of halogens is 1. The third-order valence-corrected chi connectivity index (χ3v) is 7.37. The Morgan fingerprint density at radius 2 is 2.00 bits per heavy atom. The molecule has 1 aromatic heterocycles. The van der Waals surface area contributed by atoms with Gasteiger partial charge in [0, 0.05) is 57.6 Å². The average Bonchev–Trinajstić information content (AvgIpc) is 3.17. The number of fused-ring (bicyclic) bond motifs is 1. The number of anilines is 1. The van der Waals surface area contributed by atoms with E-state index < -0.39 is 9.71 Å². The van der Waals surface area contributed by atoms with Crippen LogP contribution in [-0.2, 0) is 29.2 Å². The van der Waals surface area contributed by atoms with Gasteiger partial charge in [-0.3, -0.25) is 4.21 Å². The number of benzene rings is 2. The molecular formula is C24H31ClN4OS. The van der Waals surface area contributed by atoms with Gasteiger partial charge in [-0.25, -0.2) is 9.29 Å². The van der Waals surface area contributed by atoms with Crippen molar-refractivity contribution in [3.8, 4) is 0 Å². The summed E-state index contributed by atoms with van der Waals surface area (Å²) in [4.78, 5) is 9.78. The molecule has 2 unspecified atom stereocenters. The zero-order valence-electron chi connectivity index (χ0n) is 17.1. The van der Waals surface area contributed by atoms with Crippen molar-refractivity contribution in [2.45, 2.75) is 39.4 Å². The van der Waals surface area contributed by atoms with E-state index in [1.807, 2.05) is 28.7 Å². The number of imidazole rings is 1. The third kappa shape index (κ3) is 5.50. The summed E-state index contributed by atoms with van der Waals surface area (Å²) < 4.78 is 15.0. The Labute approximate surface area is 191 Å². The first-order valence-electron chi connectivity index (χ1n) is 10.0. The van der Waals surface area contributed by atoms with E-state index in [-0.39, 0.29) is 13.5 Å². The van der Waals surface area contributed by atoms with Gasteiger partial charge in [-0.2, -0.15) is 0 Å². The summed E-state index contributed by atoms with van der Waals surface area (Å²) in [6.07, 6.45) is 7.13. The van der Waals surface area contributed by atoms with Crippen molar-refractivity contribution in [3.05, 3.63) is 82.9 Å². The molecule has 0 fully saturated rings. The number of nitrogens with one attached hydrogen (secondary N) is 1. The summed E-state index contributed by atoms with van der Waals surface area (Å²) in [5, 5.41) is 0.694. The van der Waals surface area contributed by atoms with Gasteiger partial charge >= 0.3 is 0 Å². The molecule has 0 aliphatic carbocycles. The molecule has 1 N–H and O–H groups in total. The highest BCUT2D eigenvalue weighted by Gasteiger charge is 2.31. The number of aromatic nitrogens is 2. The van der Waals surface area contributed by atoms with Crippen molar-refractivity contribution in [2.75, 3.05) is 17.7 Å². The van der Waals surface area contributed by atoms with Gasteiger partial charge in [-0.05, 0) is 36.4 Å². The van der Waals surface area contributed by atoms with Crippen molar-refractivity contribution < 1.29 is 4.21 Å². The van der Waals surface area contributed by atoms with Gasteiger partial charge in [0.15, 0.2) is 0 Å². The molecule has 7 heteroatoms. The molecule has 2 aromatic carbocycles. The fraction of sp³-hybridized carbons (Fsp3) is 0.333.